The van der Waals surface area contributed by atoms with Crippen LogP contribution in [0.1, 0.15) is 16.8 Å². The number of carbonyl (C=O) groups excluding carboxylic acids is 1. The Morgan fingerprint density at radius 1 is 1.27 bits per heavy atom. The minimum atomic E-state index is -0.946. The Morgan fingerprint density at radius 3 is 2.36 bits per heavy atom. The third-order valence-corrected chi connectivity index (χ3v) is 3.53. The van der Waals surface area contributed by atoms with E-state index in [0.717, 1.165) is 6.07 Å². The first-order valence-corrected chi connectivity index (χ1v) is 6.41. The fourth-order valence-corrected chi connectivity index (χ4v) is 2.33. The smallest absolute Gasteiger partial charge is 0.308 e. The molecule has 1 unspecified atom stereocenters. The van der Waals surface area contributed by atoms with E-state index in [9.17, 15) is 14.0 Å². The van der Waals surface area contributed by atoms with Crippen molar-refractivity contribution < 1.29 is 28.6 Å². The number of hydrogen-bond donors (Lipinski definition) is 1. The fraction of sp³-hybridized carbons (Fsp3) is 0.429. The molecule has 22 heavy (non-hydrogen) atoms. The summed E-state index contributed by atoms with van der Waals surface area (Å²) in [4.78, 5) is 24.5. The summed E-state index contributed by atoms with van der Waals surface area (Å²) >= 11 is 0. The van der Waals surface area contributed by atoms with Crippen molar-refractivity contribution in [1.82, 2.24) is 4.90 Å². The number of rotatable bonds is 4. The van der Waals surface area contributed by atoms with E-state index in [0.29, 0.717) is 13.0 Å². The van der Waals surface area contributed by atoms with Crippen LogP contribution in [0, 0.1) is 11.7 Å². The molecule has 0 aliphatic carbocycles. The SMILES string of the molecule is COc1cc(F)c(C(=O)N2CCC(C(=O)O)C2)cc1OC.Cl. The van der Waals surface area contributed by atoms with Crippen LogP contribution in [0.3, 0.4) is 0 Å². The van der Waals surface area contributed by atoms with Crippen molar-refractivity contribution in [2.75, 3.05) is 27.3 Å². The van der Waals surface area contributed by atoms with Gasteiger partial charge < -0.3 is 19.5 Å². The molecule has 0 radical (unpaired) electrons. The van der Waals surface area contributed by atoms with Crippen molar-refractivity contribution in [2.45, 2.75) is 6.42 Å². The van der Waals surface area contributed by atoms with Crippen molar-refractivity contribution in [2.24, 2.45) is 5.92 Å². The second-order valence-corrected chi connectivity index (χ2v) is 4.76. The molecule has 1 atom stereocenters. The third kappa shape index (κ3) is 3.41. The molecule has 2 rings (SSSR count). The van der Waals surface area contributed by atoms with Gasteiger partial charge in [0.1, 0.15) is 5.82 Å². The molecule has 1 aliphatic rings. The van der Waals surface area contributed by atoms with Gasteiger partial charge in [-0.15, -0.1) is 12.4 Å². The van der Waals surface area contributed by atoms with Crippen LogP contribution in [0.2, 0.25) is 0 Å². The number of carbonyl (C=O) groups is 2. The predicted molar refractivity (Wildman–Crippen MR) is 78.4 cm³/mol. The number of aliphatic carboxylic acids is 1. The summed E-state index contributed by atoms with van der Waals surface area (Å²) in [6, 6.07) is 2.35. The molecule has 6 nitrogen and oxygen atoms in total. The van der Waals surface area contributed by atoms with E-state index in [2.05, 4.69) is 0 Å². The Bertz CT molecular complexity index is 581. The van der Waals surface area contributed by atoms with Crippen molar-refractivity contribution in [3.05, 3.63) is 23.5 Å². The van der Waals surface area contributed by atoms with Gasteiger partial charge in [0.2, 0.25) is 0 Å². The second-order valence-electron chi connectivity index (χ2n) is 4.76. The maximum Gasteiger partial charge on any atom is 0.308 e. The van der Waals surface area contributed by atoms with Crippen LogP contribution >= 0.6 is 12.4 Å². The summed E-state index contributed by atoms with van der Waals surface area (Å²) in [5, 5.41) is 8.94. The summed E-state index contributed by atoms with van der Waals surface area (Å²) in [7, 11) is 2.76. The van der Waals surface area contributed by atoms with E-state index in [-0.39, 0.29) is 36.0 Å². The van der Waals surface area contributed by atoms with Crippen LogP contribution in [0.5, 0.6) is 11.5 Å². The Labute approximate surface area is 133 Å². The topological polar surface area (TPSA) is 76.1 Å². The van der Waals surface area contributed by atoms with Gasteiger partial charge in [0.05, 0.1) is 25.7 Å². The van der Waals surface area contributed by atoms with Crippen molar-refractivity contribution in [1.29, 1.82) is 0 Å². The standard InChI is InChI=1S/C14H16FNO5.ClH/c1-20-11-5-9(10(15)6-12(11)21-2)13(17)16-4-3-8(7-16)14(18)19;/h5-6,8H,3-4,7H2,1-2H3,(H,18,19);1H. The van der Waals surface area contributed by atoms with Gasteiger partial charge in [-0.25, -0.2) is 4.39 Å². The van der Waals surface area contributed by atoms with Crippen LogP contribution in [-0.2, 0) is 4.79 Å². The number of ether oxygens (including phenoxy) is 2. The van der Waals surface area contributed by atoms with Gasteiger partial charge in [0.25, 0.3) is 5.91 Å². The van der Waals surface area contributed by atoms with Crippen LogP contribution in [0.25, 0.3) is 0 Å². The monoisotopic (exact) mass is 333 g/mol. The highest BCUT2D eigenvalue weighted by Crippen LogP contribution is 2.31. The van der Waals surface area contributed by atoms with Crippen LogP contribution in [0.4, 0.5) is 4.39 Å². The molecule has 1 N–H and O–H groups in total. The van der Waals surface area contributed by atoms with E-state index in [1.54, 1.807) is 0 Å². The Kier molecular flexibility index (Phi) is 5.99. The Morgan fingerprint density at radius 2 is 1.86 bits per heavy atom. The van der Waals surface area contributed by atoms with Crippen LogP contribution < -0.4 is 9.47 Å². The molecule has 0 bridgehead atoms. The lowest BCUT2D eigenvalue weighted by molar-refractivity contribution is -0.141. The first-order chi connectivity index (χ1) is 9.97. The minimum absolute atomic E-state index is 0. The molecular weight excluding hydrogens is 317 g/mol. The van der Waals surface area contributed by atoms with Crippen LogP contribution in [-0.4, -0.2) is 49.2 Å². The zero-order valence-electron chi connectivity index (χ0n) is 12.2. The lowest BCUT2D eigenvalue weighted by Crippen LogP contribution is -2.30. The second kappa shape index (κ2) is 7.31. The molecule has 8 heteroatoms. The zero-order chi connectivity index (χ0) is 15.6. The number of amides is 1. The average Bonchev–Trinajstić information content (AvgIpc) is 2.96. The highest BCUT2D eigenvalue weighted by molar-refractivity contribution is 5.95. The lowest BCUT2D eigenvalue weighted by Gasteiger charge is -2.17. The van der Waals surface area contributed by atoms with Crippen LogP contribution in [0.15, 0.2) is 12.1 Å². The quantitative estimate of drug-likeness (QED) is 0.909. The molecule has 122 valence electrons. The molecule has 1 aromatic carbocycles. The van der Waals surface area contributed by atoms with E-state index in [1.807, 2.05) is 0 Å². The van der Waals surface area contributed by atoms with Gasteiger partial charge in [-0.1, -0.05) is 0 Å². The molecule has 1 amide bonds. The summed E-state index contributed by atoms with van der Waals surface area (Å²) < 4.78 is 24.0. The van der Waals surface area contributed by atoms with E-state index >= 15 is 0 Å². The molecule has 1 saturated heterocycles. The van der Waals surface area contributed by atoms with Gasteiger partial charge in [0, 0.05) is 19.2 Å². The van der Waals surface area contributed by atoms with Crippen molar-refractivity contribution in [3.8, 4) is 11.5 Å². The molecule has 1 aromatic rings. The van der Waals surface area contributed by atoms with Crippen molar-refractivity contribution in [3.63, 3.8) is 0 Å². The number of halogens is 2. The first-order valence-electron chi connectivity index (χ1n) is 6.41. The number of carboxylic acids is 1. The fourth-order valence-electron chi connectivity index (χ4n) is 2.33. The molecule has 0 saturated carbocycles. The summed E-state index contributed by atoms with van der Waals surface area (Å²) in [5.74, 6) is -2.38. The number of benzene rings is 1. The molecule has 0 aromatic heterocycles. The number of likely N-dealkylation sites (tertiary alicyclic amines) is 1. The average molecular weight is 334 g/mol. The Hall–Kier alpha value is -2.02. The zero-order valence-corrected chi connectivity index (χ0v) is 13.0. The number of hydrogen-bond acceptors (Lipinski definition) is 4. The largest absolute Gasteiger partial charge is 0.493 e. The first kappa shape index (κ1) is 18.0. The number of carboxylic acid groups (broad SMARTS) is 1. The third-order valence-electron chi connectivity index (χ3n) is 3.53. The van der Waals surface area contributed by atoms with Gasteiger partial charge in [-0.2, -0.15) is 0 Å². The van der Waals surface area contributed by atoms with Gasteiger partial charge >= 0.3 is 5.97 Å². The molecule has 1 fully saturated rings. The predicted octanol–water partition coefficient (Wildman–Crippen LogP) is 1.81. The van der Waals surface area contributed by atoms with E-state index < -0.39 is 23.6 Å². The highest BCUT2D eigenvalue weighted by Gasteiger charge is 2.32. The normalized spacial score (nSPS) is 16.9. The maximum atomic E-state index is 14.0. The highest BCUT2D eigenvalue weighted by atomic mass is 35.5. The van der Waals surface area contributed by atoms with Gasteiger partial charge in [0.15, 0.2) is 11.5 Å². The summed E-state index contributed by atoms with van der Waals surface area (Å²) in [6.45, 7) is 0.380. The van der Waals surface area contributed by atoms with Gasteiger partial charge in [-0.05, 0) is 12.5 Å². The lowest BCUT2D eigenvalue weighted by atomic mass is 10.1. The number of nitrogens with zero attached hydrogens (tertiary/aromatic N) is 1. The molecule has 0 spiro atoms. The molecule has 1 heterocycles. The van der Waals surface area contributed by atoms with E-state index in [4.69, 9.17) is 14.6 Å². The van der Waals surface area contributed by atoms with Gasteiger partial charge in [-0.3, -0.25) is 9.59 Å². The Balaban J connectivity index is 0.00000242. The molecule has 1 aliphatic heterocycles. The summed E-state index contributed by atoms with van der Waals surface area (Å²) in [6.07, 6.45) is 0.371. The number of methoxy groups -OCH3 is 2. The molecular formula is C14H17ClFNO5. The van der Waals surface area contributed by atoms with E-state index in [1.165, 1.54) is 25.2 Å². The van der Waals surface area contributed by atoms with Crippen molar-refractivity contribution >= 4 is 24.3 Å². The summed E-state index contributed by atoms with van der Waals surface area (Å²) in [5.41, 5.74) is -0.154. The maximum absolute atomic E-state index is 14.0. The minimum Gasteiger partial charge on any atom is -0.493 e.